The number of anilines is 1. The first-order valence-electron chi connectivity index (χ1n) is 6.22. The third kappa shape index (κ3) is 5.80. The lowest BCUT2D eigenvalue weighted by atomic mass is 10.2. The van der Waals surface area contributed by atoms with Gasteiger partial charge in [-0.15, -0.1) is 0 Å². The van der Waals surface area contributed by atoms with Crippen LogP contribution in [0.2, 0.25) is 0 Å². The monoisotopic (exact) mass is 249 g/mol. The van der Waals surface area contributed by atoms with Crippen molar-refractivity contribution in [3.05, 3.63) is 29.8 Å². The van der Waals surface area contributed by atoms with Gasteiger partial charge in [0.2, 0.25) is 5.91 Å². The molecule has 0 heterocycles. The molecule has 2 N–H and O–H groups in total. The number of hydrogen-bond acceptors (Lipinski definition) is 3. The van der Waals surface area contributed by atoms with Gasteiger partial charge in [0.1, 0.15) is 0 Å². The molecule has 1 rings (SSSR count). The molecule has 100 valence electrons. The minimum absolute atomic E-state index is 0.0412. The van der Waals surface area contributed by atoms with Gasteiger partial charge < -0.3 is 15.5 Å². The SMILES string of the molecule is CC(=O)Nc1ccc(CNC(C)CN(C)C)cc1. The zero-order valence-corrected chi connectivity index (χ0v) is 11.7. The molecule has 18 heavy (non-hydrogen) atoms. The molecule has 4 heteroatoms. The van der Waals surface area contributed by atoms with Gasteiger partial charge in [0, 0.05) is 31.7 Å². The summed E-state index contributed by atoms with van der Waals surface area (Å²) in [5.41, 5.74) is 2.06. The van der Waals surface area contributed by atoms with Crippen LogP contribution in [0.1, 0.15) is 19.4 Å². The van der Waals surface area contributed by atoms with Crippen LogP contribution in [-0.4, -0.2) is 37.5 Å². The van der Waals surface area contributed by atoms with Crippen molar-refractivity contribution in [1.82, 2.24) is 10.2 Å². The van der Waals surface area contributed by atoms with E-state index in [4.69, 9.17) is 0 Å². The molecule has 1 aromatic rings. The van der Waals surface area contributed by atoms with E-state index in [9.17, 15) is 4.79 Å². The Kier molecular flexibility index (Phi) is 5.82. The van der Waals surface area contributed by atoms with Crippen molar-refractivity contribution in [1.29, 1.82) is 0 Å². The summed E-state index contributed by atoms with van der Waals surface area (Å²) in [7, 11) is 4.14. The summed E-state index contributed by atoms with van der Waals surface area (Å²) in [6.07, 6.45) is 0. The molecule has 1 atom stereocenters. The lowest BCUT2D eigenvalue weighted by Gasteiger charge is -2.18. The maximum atomic E-state index is 10.9. The molecule has 1 unspecified atom stereocenters. The lowest BCUT2D eigenvalue weighted by molar-refractivity contribution is -0.114. The van der Waals surface area contributed by atoms with E-state index in [1.165, 1.54) is 12.5 Å². The summed E-state index contributed by atoms with van der Waals surface area (Å²) in [6.45, 7) is 5.55. The number of nitrogens with one attached hydrogen (secondary N) is 2. The number of carbonyl (C=O) groups is 1. The standard InChI is InChI=1S/C14H23N3O/c1-11(10-17(3)4)15-9-13-5-7-14(8-6-13)16-12(2)18/h5-8,11,15H,9-10H2,1-4H3,(H,16,18). The predicted molar refractivity (Wildman–Crippen MR) is 75.6 cm³/mol. The summed E-state index contributed by atoms with van der Waals surface area (Å²) in [6, 6.07) is 8.36. The van der Waals surface area contributed by atoms with Crippen molar-refractivity contribution < 1.29 is 4.79 Å². The molecular weight excluding hydrogens is 226 g/mol. The third-order valence-corrected chi connectivity index (χ3v) is 2.57. The van der Waals surface area contributed by atoms with Gasteiger partial charge in [-0.2, -0.15) is 0 Å². The van der Waals surface area contributed by atoms with Gasteiger partial charge >= 0.3 is 0 Å². The van der Waals surface area contributed by atoms with E-state index in [1.54, 1.807) is 0 Å². The molecule has 0 spiro atoms. The highest BCUT2D eigenvalue weighted by Gasteiger charge is 2.03. The van der Waals surface area contributed by atoms with Crippen molar-refractivity contribution in [2.24, 2.45) is 0 Å². The summed E-state index contributed by atoms with van der Waals surface area (Å²) in [5, 5.41) is 6.22. The van der Waals surface area contributed by atoms with Gasteiger partial charge in [0.15, 0.2) is 0 Å². The number of hydrogen-bond donors (Lipinski definition) is 2. The molecule has 0 aliphatic carbocycles. The van der Waals surface area contributed by atoms with Crippen LogP contribution in [0, 0.1) is 0 Å². The van der Waals surface area contributed by atoms with E-state index in [2.05, 4.69) is 36.6 Å². The van der Waals surface area contributed by atoms with Gasteiger partial charge in [0.05, 0.1) is 0 Å². The Bertz CT molecular complexity index is 373. The van der Waals surface area contributed by atoms with E-state index in [-0.39, 0.29) is 5.91 Å². The van der Waals surface area contributed by atoms with Crippen molar-refractivity contribution in [3.63, 3.8) is 0 Å². The molecule has 0 aromatic heterocycles. The Hall–Kier alpha value is -1.39. The fourth-order valence-corrected chi connectivity index (χ4v) is 1.81. The minimum Gasteiger partial charge on any atom is -0.326 e. The van der Waals surface area contributed by atoms with Crippen LogP contribution >= 0.6 is 0 Å². The Morgan fingerprint density at radius 2 is 1.89 bits per heavy atom. The Labute approximate surface area is 109 Å². The normalized spacial score (nSPS) is 12.5. The van der Waals surface area contributed by atoms with Crippen molar-refractivity contribution >= 4 is 11.6 Å². The molecule has 0 aliphatic rings. The summed E-state index contributed by atoms with van der Waals surface area (Å²) in [4.78, 5) is 13.1. The van der Waals surface area contributed by atoms with Crippen LogP contribution < -0.4 is 10.6 Å². The smallest absolute Gasteiger partial charge is 0.221 e. The van der Waals surface area contributed by atoms with Crippen LogP contribution in [0.25, 0.3) is 0 Å². The first kappa shape index (κ1) is 14.7. The van der Waals surface area contributed by atoms with Gasteiger partial charge in [-0.05, 0) is 38.7 Å². The number of benzene rings is 1. The van der Waals surface area contributed by atoms with Gasteiger partial charge in [-0.1, -0.05) is 12.1 Å². The largest absolute Gasteiger partial charge is 0.326 e. The topological polar surface area (TPSA) is 44.4 Å². The molecule has 1 amide bonds. The van der Waals surface area contributed by atoms with Gasteiger partial charge in [-0.3, -0.25) is 4.79 Å². The number of likely N-dealkylation sites (N-methyl/N-ethyl adjacent to an activating group) is 1. The van der Waals surface area contributed by atoms with E-state index in [0.29, 0.717) is 6.04 Å². The molecule has 0 fully saturated rings. The zero-order chi connectivity index (χ0) is 13.5. The van der Waals surface area contributed by atoms with E-state index < -0.39 is 0 Å². The molecule has 0 radical (unpaired) electrons. The van der Waals surface area contributed by atoms with E-state index in [1.807, 2.05) is 24.3 Å². The van der Waals surface area contributed by atoms with E-state index in [0.717, 1.165) is 18.8 Å². The zero-order valence-electron chi connectivity index (χ0n) is 11.7. The quantitative estimate of drug-likeness (QED) is 0.806. The molecule has 0 saturated carbocycles. The molecule has 0 bridgehead atoms. The minimum atomic E-state index is -0.0412. The highest BCUT2D eigenvalue weighted by Crippen LogP contribution is 2.09. The van der Waals surface area contributed by atoms with E-state index >= 15 is 0 Å². The highest BCUT2D eigenvalue weighted by atomic mass is 16.1. The Morgan fingerprint density at radius 3 is 2.39 bits per heavy atom. The van der Waals surface area contributed by atoms with Crippen molar-refractivity contribution in [2.45, 2.75) is 26.4 Å². The molecule has 4 nitrogen and oxygen atoms in total. The first-order valence-corrected chi connectivity index (χ1v) is 6.22. The maximum absolute atomic E-state index is 10.9. The first-order chi connectivity index (χ1) is 8.47. The fraction of sp³-hybridized carbons (Fsp3) is 0.500. The Morgan fingerprint density at radius 1 is 1.28 bits per heavy atom. The maximum Gasteiger partial charge on any atom is 0.221 e. The average molecular weight is 249 g/mol. The molecular formula is C14H23N3O. The van der Waals surface area contributed by atoms with Crippen LogP contribution in [0.4, 0.5) is 5.69 Å². The summed E-state index contributed by atoms with van der Waals surface area (Å²) >= 11 is 0. The second-order valence-corrected chi connectivity index (χ2v) is 4.92. The van der Waals surface area contributed by atoms with Crippen molar-refractivity contribution in [2.75, 3.05) is 26.0 Å². The van der Waals surface area contributed by atoms with Crippen LogP contribution in [0.15, 0.2) is 24.3 Å². The van der Waals surface area contributed by atoms with Crippen LogP contribution in [0.3, 0.4) is 0 Å². The molecule has 1 aromatic carbocycles. The lowest BCUT2D eigenvalue weighted by Crippen LogP contribution is -2.35. The second kappa shape index (κ2) is 7.13. The van der Waals surface area contributed by atoms with Gasteiger partial charge in [0.25, 0.3) is 0 Å². The summed E-state index contributed by atoms with van der Waals surface area (Å²) in [5.74, 6) is -0.0412. The number of rotatable bonds is 6. The fourth-order valence-electron chi connectivity index (χ4n) is 1.81. The predicted octanol–water partition coefficient (Wildman–Crippen LogP) is 1.68. The number of carbonyl (C=O) groups excluding carboxylic acids is 1. The third-order valence-electron chi connectivity index (χ3n) is 2.57. The van der Waals surface area contributed by atoms with Crippen LogP contribution in [0.5, 0.6) is 0 Å². The summed E-state index contributed by atoms with van der Waals surface area (Å²) < 4.78 is 0. The average Bonchev–Trinajstić information content (AvgIpc) is 2.26. The number of nitrogens with zero attached hydrogens (tertiary/aromatic N) is 1. The molecule has 0 aliphatic heterocycles. The van der Waals surface area contributed by atoms with Crippen LogP contribution in [-0.2, 0) is 11.3 Å². The highest BCUT2D eigenvalue weighted by molar-refractivity contribution is 5.88. The number of amides is 1. The molecule has 0 saturated heterocycles. The van der Waals surface area contributed by atoms with Gasteiger partial charge in [-0.25, -0.2) is 0 Å². The second-order valence-electron chi connectivity index (χ2n) is 4.92. The van der Waals surface area contributed by atoms with Crippen molar-refractivity contribution in [3.8, 4) is 0 Å². The Balaban J connectivity index is 2.41.